The minimum absolute atomic E-state index is 0.0296. The minimum Gasteiger partial charge on any atom is -0.504 e. The van der Waals surface area contributed by atoms with Crippen LogP contribution in [0.4, 0.5) is 4.79 Å². The summed E-state index contributed by atoms with van der Waals surface area (Å²) in [6, 6.07) is 4.51. The average molecular weight is 323 g/mol. The Morgan fingerprint density at radius 1 is 1.41 bits per heavy atom. The summed E-state index contributed by atoms with van der Waals surface area (Å²) in [5.74, 6) is -1.67. The number of rotatable bonds is 5. The molecular formula is C14H13NO6S. The molecule has 1 aromatic rings. The molecule has 8 heteroatoms. The number of carbonyl (C=O) groups excluding carboxylic acids is 2. The van der Waals surface area contributed by atoms with Gasteiger partial charge in [0, 0.05) is 0 Å². The van der Waals surface area contributed by atoms with Crippen molar-refractivity contribution < 1.29 is 29.3 Å². The van der Waals surface area contributed by atoms with Gasteiger partial charge in [-0.25, -0.2) is 0 Å². The number of aromatic hydroxyl groups is 1. The Morgan fingerprint density at radius 2 is 2.14 bits per heavy atom. The standard InChI is InChI=1S/C14H13NO6S/c1-2-21-10-5-8(3-4-9(10)16)6-11-13(19)15(7-12(17)18)14(20)22-11/h3-6,16H,2,7H2,1H3,(H,17,18). The lowest BCUT2D eigenvalue weighted by Crippen LogP contribution is -2.33. The van der Waals surface area contributed by atoms with Crippen molar-refractivity contribution >= 4 is 35.0 Å². The molecule has 116 valence electrons. The number of carbonyl (C=O) groups is 3. The molecule has 0 aromatic heterocycles. The number of hydrogen-bond donors (Lipinski definition) is 2. The summed E-state index contributed by atoms with van der Waals surface area (Å²) in [4.78, 5) is 35.1. The molecule has 1 aliphatic heterocycles. The molecule has 1 heterocycles. The zero-order chi connectivity index (χ0) is 16.3. The van der Waals surface area contributed by atoms with E-state index in [1.54, 1.807) is 13.0 Å². The van der Waals surface area contributed by atoms with Gasteiger partial charge >= 0.3 is 5.97 Å². The number of nitrogens with zero attached hydrogens (tertiary/aromatic N) is 1. The van der Waals surface area contributed by atoms with Crippen LogP contribution in [-0.2, 0) is 9.59 Å². The van der Waals surface area contributed by atoms with E-state index < -0.39 is 23.7 Å². The van der Waals surface area contributed by atoms with Gasteiger partial charge in [0.1, 0.15) is 6.54 Å². The van der Waals surface area contributed by atoms with E-state index >= 15 is 0 Å². The predicted molar refractivity (Wildman–Crippen MR) is 79.6 cm³/mol. The summed E-state index contributed by atoms with van der Waals surface area (Å²) < 4.78 is 5.24. The van der Waals surface area contributed by atoms with Gasteiger partial charge in [-0.05, 0) is 42.5 Å². The molecule has 2 rings (SSSR count). The molecule has 22 heavy (non-hydrogen) atoms. The molecule has 1 fully saturated rings. The van der Waals surface area contributed by atoms with E-state index in [0.717, 1.165) is 0 Å². The highest BCUT2D eigenvalue weighted by molar-refractivity contribution is 8.18. The fraction of sp³-hybridized carbons (Fsp3) is 0.214. The first-order valence-electron chi connectivity index (χ1n) is 6.35. The molecule has 2 amide bonds. The summed E-state index contributed by atoms with van der Waals surface area (Å²) in [5.41, 5.74) is 0.557. The number of carboxylic acids is 1. The third-order valence-corrected chi connectivity index (χ3v) is 3.66. The van der Waals surface area contributed by atoms with Crippen molar-refractivity contribution in [1.29, 1.82) is 0 Å². The number of ether oxygens (including phenoxy) is 1. The van der Waals surface area contributed by atoms with E-state index in [2.05, 4.69) is 0 Å². The number of phenols is 1. The van der Waals surface area contributed by atoms with Crippen molar-refractivity contribution in [3.05, 3.63) is 28.7 Å². The van der Waals surface area contributed by atoms with Gasteiger partial charge in [-0.15, -0.1) is 0 Å². The third-order valence-electron chi connectivity index (χ3n) is 2.75. The lowest BCUT2D eigenvalue weighted by Gasteiger charge is -2.08. The quantitative estimate of drug-likeness (QED) is 0.798. The number of carboxylic acid groups (broad SMARTS) is 1. The summed E-state index contributed by atoms with van der Waals surface area (Å²) >= 11 is 0.674. The molecule has 0 radical (unpaired) electrons. The topological polar surface area (TPSA) is 104 Å². The largest absolute Gasteiger partial charge is 0.504 e. The van der Waals surface area contributed by atoms with E-state index in [1.807, 2.05) is 0 Å². The van der Waals surface area contributed by atoms with Crippen LogP contribution in [0.15, 0.2) is 23.1 Å². The molecule has 0 atom stereocenters. The molecule has 1 saturated heterocycles. The smallest absolute Gasteiger partial charge is 0.323 e. The van der Waals surface area contributed by atoms with Crippen LogP contribution in [0, 0.1) is 0 Å². The van der Waals surface area contributed by atoms with Crippen LogP contribution in [-0.4, -0.2) is 45.4 Å². The second kappa shape index (κ2) is 6.52. The first-order chi connectivity index (χ1) is 10.4. The summed E-state index contributed by atoms with van der Waals surface area (Å²) in [6.45, 7) is 1.47. The zero-order valence-electron chi connectivity index (χ0n) is 11.6. The van der Waals surface area contributed by atoms with Crippen molar-refractivity contribution in [2.45, 2.75) is 6.92 Å². The van der Waals surface area contributed by atoms with Gasteiger partial charge in [0.15, 0.2) is 11.5 Å². The number of benzene rings is 1. The molecule has 1 aliphatic rings. The van der Waals surface area contributed by atoms with Crippen molar-refractivity contribution in [2.24, 2.45) is 0 Å². The summed E-state index contributed by atoms with van der Waals surface area (Å²) in [5, 5.41) is 17.7. The summed E-state index contributed by atoms with van der Waals surface area (Å²) in [6.07, 6.45) is 1.45. The van der Waals surface area contributed by atoms with Crippen LogP contribution >= 0.6 is 11.8 Å². The maximum atomic E-state index is 12.0. The van der Waals surface area contributed by atoms with Gasteiger partial charge in [0.25, 0.3) is 11.1 Å². The molecule has 0 spiro atoms. The Bertz CT molecular complexity index is 669. The number of aliphatic carboxylic acids is 1. The highest BCUT2D eigenvalue weighted by atomic mass is 32.2. The second-order valence-electron chi connectivity index (χ2n) is 4.32. The van der Waals surface area contributed by atoms with E-state index in [1.165, 1.54) is 18.2 Å². The molecule has 0 unspecified atom stereocenters. The fourth-order valence-electron chi connectivity index (χ4n) is 1.81. The van der Waals surface area contributed by atoms with E-state index in [9.17, 15) is 19.5 Å². The lowest BCUT2D eigenvalue weighted by atomic mass is 10.2. The Labute approximate surface area is 130 Å². The summed E-state index contributed by atoms with van der Waals surface area (Å²) in [7, 11) is 0. The highest BCUT2D eigenvalue weighted by Crippen LogP contribution is 2.34. The Hall–Kier alpha value is -2.48. The van der Waals surface area contributed by atoms with Crippen LogP contribution in [0.1, 0.15) is 12.5 Å². The normalized spacial score (nSPS) is 16.4. The maximum Gasteiger partial charge on any atom is 0.323 e. The maximum absolute atomic E-state index is 12.0. The van der Waals surface area contributed by atoms with Gasteiger partial charge in [-0.2, -0.15) is 0 Å². The number of thioether (sulfide) groups is 1. The molecular weight excluding hydrogens is 310 g/mol. The van der Waals surface area contributed by atoms with Crippen LogP contribution < -0.4 is 4.74 Å². The Balaban J connectivity index is 2.26. The predicted octanol–water partition coefficient (Wildman–Crippen LogP) is 1.91. The first-order valence-corrected chi connectivity index (χ1v) is 7.17. The number of amides is 2. The van der Waals surface area contributed by atoms with Gasteiger partial charge in [-0.3, -0.25) is 19.3 Å². The second-order valence-corrected chi connectivity index (χ2v) is 5.31. The van der Waals surface area contributed by atoms with Crippen LogP contribution in [0.25, 0.3) is 6.08 Å². The van der Waals surface area contributed by atoms with Gasteiger partial charge in [-0.1, -0.05) is 6.07 Å². The van der Waals surface area contributed by atoms with Gasteiger partial charge in [0.2, 0.25) is 0 Å². The highest BCUT2D eigenvalue weighted by Gasteiger charge is 2.36. The molecule has 2 N–H and O–H groups in total. The van der Waals surface area contributed by atoms with Gasteiger partial charge < -0.3 is 14.9 Å². The minimum atomic E-state index is -1.26. The molecule has 0 aliphatic carbocycles. The van der Waals surface area contributed by atoms with Crippen LogP contribution in [0.3, 0.4) is 0 Å². The lowest BCUT2D eigenvalue weighted by molar-refractivity contribution is -0.140. The monoisotopic (exact) mass is 323 g/mol. The van der Waals surface area contributed by atoms with Crippen molar-refractivity contribution in [1.82, 2.24) is 4.90 Å². The molecule has 0 bridgehead atoms. The SMILES string of the molecule is CCOc1cc(C=C2SC(=O)N(CC(=O)O)C2=O)ccc1O. The number of phenolic OH excluding ortho intramolecular Hbond substituents is 1. The average Bonchev–Trinajstić information content (AvgIpc) is 2.70. The molecule has 7 nitrogen and oxygen atoms in total. The van der Waals surface area contributed by atoms with Gasteiger partial charge in [0.05, 0.1) is 11.5 Å². The van der Waals surface area contributed by atoms with Crippen molar-refractivity contribution in [3.63, 3.8) is 0 Å². The molecule has 1 aromatic carbocycles. The molecule has 0 saturated carbocycles. The number of imide groups is 1. The van der Waals surface area contributed by atoms with Crippen LogP contribution in [0.5, 0.6) is 11.5 Å². The number of hydrogen-bond acceptors (Lipinski definition) is 6. The van der Waals surface area contributed by atoms with Crippen LogP contribution in [0.2, 0.25) is 0 Å². The Kier molecular flexibility index (Phi) is 4.71. The van der Waals surface area contributed by atoms with E-state index in [-0.39, 0.29) is 16.4 Å². The third kappa shape index (κ3) is 3.40. The van der Waals surface area contributed by atoms with E-state index in [0.29, 0.717) is 28.8 Å². The zero-order valence-corrected chi connectivity index (χ0v) is 12.4. The fourth-order valence-corrected chi connectivity index (χ4v) is 2.65. The first kappa shape index (κ1) is 15.9. The Morgan fingerprint density at radius 3 is 2.77 bits per heavy atom. The van der Waals surface area contributed by atoms with Crippen molar-refractivity contribution in [2.75, 3.05) is 13.2 Å². The van der Waals surface area contributed by atoms with Crippen molar-refractivity contribution in [3.8, 4) is 11.5 Å². The van der Waals surface area contributed by atoms with E-state index in [4.69, 9.17) is 9.84 Å².